The van der Waals surface area contributed by atoms with E-state index in [1.54, 1.807) is 0 Å². The van der Waals surface area contributed by atoms with E-state index in [1.807, 2.05) is 0 Å². The predicted molar refractivity (Wildman–Crippen MR) is 56.4 cm³/mol. The van der Waals surface area contributed by atoms with Gasteiger partial charge < -0.3 is 9.84 Å². The maximum atomic E-state index is 12.6. The minimum Gasteiger partial charge on any atom is -0.477 e. The van der Waals surface area contributed by atoms with Crippen molar-refractivity contribution in [1.82, 2.24) is 0 Å². The lowest BCUT2D eigenvalue weighted by Gasteiger charge is -2.17. The molecule has 2 rings (SSSR count). The summed E-state index contributed by atoms with van der Waals surface area (Å²) in [7, 11) is 0. The van der Waals surface area contributed by atoms with Crippen LogP contribution in [0.5, 0.6) is 5.75 Å². The van der Waals surface area contributed by atoms with Gasteiger partial charge in [0.15, 0.2) is 0 Å². The molecule has 94 valence electrons. The van der Waals surface area contributed by atoms with Crippen LogP contribution in [0.25, 0.3) is 0 Å². The highest BCUT2D eigenvalue weighted by Crippen LogP contribution is 2.49. The number of aliphatic hydroxyl groups is 1. The Morgan fingerprint density at radius 2 is 2.00 bits per heavy atom. The quantitative estimate of drug-likeness (QED) is 0.802. The maximum absolute atomic E-state index is 12.6. The summed E-state index contributed by atoms with van der Waals surface area (Å²) in [5.41, 5.74) is 0.552. The van der Waals surface area contributed by atoms with Crippen LogP contribution < -0.4 is 4.74 Å². The molecule has 0 saturated carbocycles. The van der Waals surface area contributed by atoms with Crippen molar-refractivity contribution in [2.45, 2.75) is 24.3 Å². The van der Waals surface area contributed by atoms with Crippen LogP contribution in [-0.4, -0.2) is 17.4 Å². The maximum Gasteiger partial charge on any atom is 0.427 e. The van der Waals surface area contributed by atoms with Crippen LogP contribution in [0.4, 0.5) is 13.2 Å². The molecule has 1 heterocycles. The third kappa shape index (κ3) is 2.19. The number of alkyl halides is 4. The van der Waals surface area contributed by atoms with Crippen LogP contribution in [-0.2, 0) is 6.61 Å². The Bertz CT molecular complexity index is 448. The lowest BCUT2D eigenvalue weighted by atomic mass is 10.1. The third-order valence-electron chi connectivity index (χ3n) is 2.45. The minimum absolute atomic E-state index is 0.0175. The summed E-state index contributed by atoms with van der Waals surface area (Å²) in [4.78, 5) is 0. The Labute approximate surface area is 105 Å². The number of hydrogen-bond donors (Lipinski definition) is 1. The van der Waals surface area contributed by atoms with Crippen LogP contribution in [0.1, 0.15) is 16.5 Å². The Kier molecular flexibility index (Phi) is 3.18. The summed E-state index contributed by atoms with van der Waals surface area (Å²) >= 11 is 11.5. The molecule has 0 amide bonds. The van der Waals surface area contributed by atoms with Crippen molar-refractivity contribution in [3.63, 3.8) is 0 Å². The largest absolute Gasteiger partial charge is 0.477 e. The number of fused-ring (bicyclic) bond motifs is 1. The minimum atomic E-state index is -4.56. The molecule has 2 nitrogen and oxygen atoms in total. The van der Waals surface area contributed by atoms with E-state index < -0.39 is 17.7 Å². The number of aliphatic hydroxyl groups excluding tert-OH is 1. The summed E-state index contributed by atoms with van der Waals surface area (Å²) in [6.45, 7) is -0.326. The summed E-state index contributed by atoms with van der Waals surface area (Å²) in [5, 5.41) is 7.61. The first-order chi connectivity index (χ1) is 7.84. The highest BCUT2D eigenvalue weighted by molar-refractivity contribution is 6.32. The first-order valence-corrected chi connectivity index (χ1v) is 5.46. The van der Waals surface area contributed by atoms with Crippen molar-refractivity contribution in [3.05, 3.63) is 28.3 Å². The molecule has 1 unspecified atom stereocenters. The van der Waals surface area contributed by atoms with Crippen LogP contribution >= 0.6 is 23.2 Å². The van der Waals surface area contributed by atoms with Crippen LogP contribution in [0.3, 0.4) is 0 Å². The highest BCUT2D eigenvalue weighted by Gasteiger charge is 2.52. The molecule has 0 radical (unpaired) electrons. The average molecular weight is 287 g/mol. The Morgan fingerprint density at radius 1 is 1.35 bits per heavy atom. The molecule has 2 atom stereocenters. The smallest absolute Gasteiger partial charge is 0.427 e. The molecule has 0 fully saturated rings. The number of rotatable bonds is 1. The molecule has 1 aliphatic heterocycles. The zero-order chi connectivity index (χ0) is 12.8. The van der Waals surface area contributed by atoms with Crippen molar-refractivity contribution in [1.29, 1.82) is 0 Å². The third-order valence-corrected chi connectivity index (χ3v) is 3.19. The van der Waals surface area contributed by atoms with Gasteiger partial charge in [-0.2, -0.15) is 13.2 Å². The first kappa shape index (κ1) is 12.8. The lowest BCUT2D eigenvalue weighted by Crippen LogP contribution is -2.34. The fourth-order valence-corrected chi connectivity index (χ4v) is 2.33. The van der Waals surface area contributed by atoms with E-state index >= 15 is 0 Å². The predicted octanol–water partition coefficient (Wildman–Crippen LogP) is 3.44. The van der Waals surface area contributed by atoms with Gasteiger partial charge in [-0.1, -0.05) is 11.6 Å². The molecule has 1 N–H and O–H groups in total. The number of ether oxygens (including phenoxy) is 1. The van der Waals surface area contributed by atoms with Gasteiger partial charge in [0.05, 0.1) is 11.6 Å². The van der Waals surface area contributed by atoms with E-state index in [4.69, 9.17) is 33.0 Å². The van der Waals surface area contributed by atoms with Crippen LogP contribution in [0.15, 0.2) is 12.1 Å². The fourth-order valence-electron chi connectivity index (χ4n) is 1.68. The second kappa shape index (κ2) is 4.23. The van der Waals surface area contributed by atoms with E-state index in [-0.39, 0.29) is 22.9 Å². The van der Waals surface area contributed by atoms with Crippen LogP contribution in [0.2, 0.25) is 5.02 Å². The second-order valence-corrected chi connectivity index (χ2v) is 4.51. The van der Waals surface area contributed by atoms with Crippen molar-refractivity contribution < 1.29 is 23.0 Å². The molecule has 0 aromatic heterocycles. The molecule has 0 bridgehead atoms. The van der Waals surface area contributed by atoms with E-state index in [0.717, 1.165) is 0 Å². The van der Waals surface area contributed by atoms with Gasteiger partial charge in [0.1, 0.15) is 11.1 Å². The molecular weight excluding hydrogens is 280 g/mol. The highest BCUT2D eigenvalue weighted by atomic mass is 35.5. The summed E-state index contributed by atoms with van der Waals surface area (Å²) in [6.07, 6.45) is -6.67. The zero-order valence-corrected chi connectivity index (χ0v) is 9.77. The standard InChI is InChI=1S/C10H7Cl2F3O2/c11-6-2-4(3-16)1-5-7(12)9(10(13,14)15)17-8(5)6/h1-2,7,9,16H,3H2/t7?,9-/m0/s1. The van der Waals surface area contributed by atoms with Crippen LogP contribution in [0, 0.1) is 0 Å². The molecule has 0 saturated heterocycles. The summed E-state index contributed by atoms with van der Waals surface area (Å²) in [6, 6.07) is 2.72. The molecule has 1 aromatic carbocycles. The van der Waals surface area contributed by atoms with Crippen molar-refractivity contribution >= 4 is 23.2 Å². The molecule has 1 aromatic rings. The Balaban J connectivity index is 2.45. The van der Waals surface area contributed by atoms with E-state index in [0.29, 0.717) is 5.56 Å². The number of halogens is 5. The molecule has 1 aliphatic rings. The van der Waals surface area contributed by atoms with Gasteiger partial charge in [0.2, 0.25) is 6.10 Å². The Morgan fingerprint density at radius 3 is 2.53 bits per heavy atom. The summed E-state index contributed by atoms with van der Waals surface area (Å²) < 4.78 is 42.5. The number of benzene rings is 1. The van der Waals surface area contributed by atoms with Gasteiger partial charge in [0.25, 0.3) is 0 Å². The van der Waals surface area contributed by atoms with Gasteiger partial charge in [-0.25, -0.2) is 0 Å². The van der Waals surface area contributed by atoms with Gasteiger partial charge in [0, 0.05) is 5.56 Å². The average Bonchev–Trinajstić information content (AvgIpc) is 2.56. The van der Waals surface area contributed by atoms with Gasteiger partial charge in [-0.05, 0) is 17.7 Å². The van der Waals surface area contributed by atoms with Gasteiger partial charge >= 0.3 is 6.18 Å². The second-order valence-electron chi connectivity index (χ2n) is 3.64. The molecular formula is C10H7Cl2F3O2. The zero-order valence-electron chi connectivity index (χ0n) is 8.26. The fraction of sp³-hybridized carbons (Fsp3) is 0.400. The lowest BCUT2D eigenvalue weighted by molar-refractivity contribution is -0.190. The molecule has 7 heteroatoms. The summed E-state index contributed by atoms with van der Waals surface area (Å²) in [5.74, 6) is -0.0637. The van der Waals surface area contributed by atoms with E-state index in [2.05, 4.69) is 0 Å². The molecule has 17 heavy (non-hydrogen) atoms. The normalized spacial score (nSPS) is 23.4. The topological polar surface area (TPSA) is 29.5 Å². The van der Waals surface area contributed by atoms with Gasteiger partial charge in [-0.3, -0.25) is 0 Å². The molecule has 0 spiro atoms. The first-order valence-electron chi connectivity index (χ1n) is 4.65. The molecule has 0 aliphatic carbocycles. The van der Waals surface area contributed by atoms with Gasteiger partial charge in [-0.15, -0.1) is 11.6 Å². The van der Waals surface area contributed by atoms with Crippen molar-refractivity contribution in [3.8, 4) is 5.75 Å². The van der Waals surface area contributed by atoms with E-state index in [1.165, 1.54) is 12.1 Å². The van der Waals surface area contributed by atoms with Crippen molar-refractivity contribution in [2.24, 2.45) is 0 Å². The van der Waals surface area contributed by atoms with E-state index in [9.17, 15) is 13.2 Å². The number of hydrogen-bond acceptors (Lipinski definition) is 2. The Hall–Kier alpha value is -0.650. The monoisotopic (exact) mass is 286 g/mol. The van der Waals surface area contributed by atoms with Crippen molar-refractivity contribution in [2.75, 3.05) is 0 Å². The SMILES string of the molecule is OCc1cc(Cl)c2c(c1)C(Cl)[C@@H](C(F)(F)F)O2.